The number of carbonyl (C=O) groups excluding carboxylic acids is 1. The minimum Gasteiger partial charge on any atom is -0.489 e. The van der Waals surface area contributed by atoms with E-state index in [2.05, 4.69) is 5.10 Å². The highest BCUT2D eigenvalue weighted by molar-refractivity contribution is 6.42. The molecule has 2 heterocycles. The van der Waals surface area contributed by atoms with Crippen LogP contribution in [0.25, 0.3) is 0 Å². The van der Waals surface area contributed by atoms with Crippen molar-refractivity contribution < 1.29 is 22.7 Å². The maximum absolute atomic E-state index is 13.3. The van der Waals surface area contributed by atoms with Gasteiger partial charge in [0, 0.05) is 18.5 Å². The summed E-state index contributed by atoms with van der Waals surface area (Å²) in [5, 5.41) is 4.03. The van der Waals surface area contributed by atoms with Crippen LogP contribution in [-0.2, 0) is 4.79 Å². The number of hydrogen-bond donors (Lipinski definition) is 0. The van der Waals surface area contributed by atoms with E-state index in [9.17, 15) is 18.0 Å². The van der Waals surface area contributed by atoms with E-state index >= 15 is 0 Å². The van der Waals surface area contributed by atoms with E-state index in [0.29, 0.717) is 11.4 Å². The summed E-state index contributed by atoms with van der Waals surface area (Å²) < 4.78 is 46.1. The van der Waals surface area contributed by atoms with Crippen molar-refractivity contribution in [3.63, 3.8) is 0 Å². The Bertz CT molecular complexity index is 781. The maximum Gasteiger partial charge on any atom is 0.411 e. The van der Waals surface area contributed by atoms with Crippen molar-refractivity contribution in [3.05, 3.63) is 40.6 Å². The number of rotatable bonds is 3. The number of aromatic nitrogens is 2. The van der Waals surface area contributed by atoms with Gasteiger partial charge in [-0.1, -0.05) is 23.2 Å². The van der Waals surface area contributed by atoms with Crippen LogP contribution < -0.4 is 9.64 Å². The quantitative estimate of drug-likeness (QED) is 0.788. The van der Waals surface area contributed by atoms with Crippen LogP contribution in [-0.4, -0.2) is 35.0 Å². The molecule has 3 rings (SSSR count). The highest BCUT2D eigenvalue weighted by Gasteiger charge is 2.44. The standard InChI is InChI=1S/C15H12Cl2F3N3O2/c16-9-6-11-12(7-10(9)17)25-5-4-22(11)14(24)8-13(15(18,19)20)23-3-1-2-21-23/h1-3,6-7,13H,4-5,8H2. The molecule has 0 saturated heterocycles. The first-order chi connectivity index (χ1) is 11.8. The molecule has 0 saturated carbocycles. The minimum atomic E-state index is -4.62. The Morgan fingerprint density at radius 1 is 1.32 bits per heavy atom. The number of fused-ring (bicyclic) bond motifs is 1. The molecule has 0 fully saturated rings. The van der Waals surface area contributed by atoms with Gasteiger partial charge in [-0.3, -0.25) is 9.48 Å². The third-order valence-electron chi connectivity index (χ3n) is 3.76. The number of benzene rings is 1. The molecular weight excluding hydrogens is 382 g/mol. The second-order valence-corrected chi connectivity index (χ2v) is 6.19. The fourth-order valence-corrected chi connectivity index (χ4v) is 2.88. The lowest BCUT2D eigenvalue weighted by molar-refractivity contribution is -0.174. The third-order valence-corrected chi connectivity index (χ3v) is 4.48. The van der Waals surface area contributed by atoms with Crippen molar-refractivity contribution in [2.75, 3.05) is 18.1 Å². The molecule has 1 atom stereocenters. The summed E-state index contributed by atoms with van der Waals surface area (Å²) in [6.45, 7) is 0.267. The van der Waals surface area contributed by atoms with Crippen LogP contribution >= 0.6 is 23.2 Å². The molecule has 1 aromatic carbocycles. The van der Waals surface area contributed by atoms with Gasteiger partial charge < -0.3 is 9.64 Å². The molecule has 0 spiro atoms. The average molecular weight is 394 g/mol. The highest BCUT2D eigenvalue weighted by atomic mass is 35.5. The van der Waals surface area contributed by atoms with Crippen molar-refractivity contribution in [2.24, 2.45) is 0 Å². The molecule has 0 bridgehead atoms. The van der Waals surface area contributed by atoms with Crippen molar-refractivity contribution in [1.82, 2.24) is 9.78 Å². The van der Waals surface area contributed by atoms with Gasteiger partial charge in [0.2, 0.25) is 5.91 Å². The van der Waals surface area contributed by atoms with E-state index in [1.54, 1.807) is 0 Å². The first kappa shape index (κ1) is 17.9. The second-order valence-electron chi connectivity index (χ2n) is 5.38. The predicted octanol–water partition coefficient (Wildman–Crippen LogP) is 4.11. The number of nitrogens with zero attached hydrogens (tertiary/aromatic N) is 3. The molecule has 5 nitrogen and oxygen atoms in total. The summed E-state index contributed by atoms with van der Waals surface area (Å²) in [6, 6.07) is 2.17. The van der Waals surface area contributed by atoms with Crippen molar-refractivity contribution in [1.29, 1.82) is 0 Å². The molecule has 10 heteroatoms. The molecule has 134 valence electrons. The Balaban J connectivity index is 1.88. The number of hydrogen-bond acceptors (Lipinski definition) is 3. The van der Waals surface area contributed by atoms with Crippen molar-refractivity contribution in [3.8, 4) is 5.75 Å². The predicted molar refractivity (Wildman–Crippen MR) is 86.2 cm³/mol. The molecule has 0 radical (unpaired) electrons. The smallest absolute Gasteiger partial charge is 0.411 e. The van der Waals surface area contributed by atoms with Crippen LogP contribution in [0.1, 0.15) is 12.5 Å². The molecule has 1 amide bonds. The van der Waals surface area contributed by atoms with Gasteiger partial charge in [0.25, 0.3) is 0 Å². The summed E-state index contributed by atoms with van der Waals surface area (Å²) in [7, 11) is 0. The lowest BCUT2D eigenvalue weighted by atomic mass is 10.1. The summed E-state index contributed by atoms with van der Waals surface area (Å²) >= 11 is 11.9. The van der Waals surface area contributed by atoms with Gasteiger partial charge in [0.1, 0.15) is 12.4 Å². The summed E-state index contributed by atoms with van der Waals surface area (Å²) in [6.07, 6.45) is -3.00. The van der Waals surface area contributed by atoms with Crippen LogP contribution in [0.2, 0.25) is 10.0 Å². The van der Waals surface area contributed by atoms with E-state index in [1.165, 1.54) is 35.5 Å². The third kappa shape index (κ3) is 3.69. The van der Waals surface area contributed by atoms with Gasteiger partial charge in [-0.05, 0) is 12.1 Å². The van der Waals surface area contributed by atoms with Crippen LogP contribution in [0.5, 0.6) is 5.75 Å². The van der Waals surface area contributed by atoms with Crippen LogP contribution in [0, 0.1) is 0 Å². The number of alkyl halides is 3. The van der Waals surface area contributed by atoms with E-state index in [1.807, 2.05) is 0 Å². The normalized spacial score (nSPS) is 15.5. The molecule has 1 aromatic heterocycles. The van der Waals surface area contributed by atoms with Crippen molar-refractivity contribution >= 4 is 34.8 Å². The van der Waals surface area contributed by atoms with Crippen LogP contribution in [0.15, 0.2) is 30.6 Å². The largest absolute Gasteiger partial charge is 0.489 e. The molecule has 1 aliphatic rings. The summed E-state index contributed by atoms with van der Waals surface area (Å²) in [5.41, 5.74) is 0.298. The summed E-state index contributed by atoms with van der Waals surface area (Å²) in [4.78, 5) is 13.8. The molecule has 0 N–H and O–H groups in total. The molecule has 0 aliphatic carbocycles. The SMILES string of the molecule is O=C(CC(n1cccn1)C(F)(F)F)N1CCOc2cc(Cl)c(Cl)cc21. The van der Waals surface area contributed by atoms with E-state index in [0.717, 1.165) is 4.68 Å². The zero-order valence-electron chi connectivity index (χ0n) is 12.6. The number of amides is 1. The first-order valence-electron chi connectivity index (χ1n) is 7.25. The van der Waals surface area contributed by atoms with Gasteiger partial charge in [0.05, 0.1) is 28.7 Å². The Labute approximate surface area is 150 Å². The number of halogens is 5. The zero-order chi connectivity index (χ0) is 18.2. The lowest BCUT2D eigenvalue weighted by Gasteiger charge is -2.31. The van der Waals surface area contributed by atoms with Crippen LogP contribution in [0.3, 0.4) is 0 Å². The second kappa shape index (κ2) is 6.76. The van der Waals surface area contributed by atoms with Gasteiger partial charge in [-0.2, -0.15) is 18.3 Å². The maximum atomic E-state index is 13.3. The monoisotopic (exact) mass is 393 g/mol. The lowest BCUT2D eigenvalue weighted by Crippen LogP contribution is -2.41. The Morgan fingerprint density at radius 2 is 2.04 bits per heavy atom. The Kier molecular flexibility index (Phi) is 4.83. The highest BCUT2D eigenvalue weighted by Crippen LogP contribution is 2.40. The molecule has 1 unspecified atom stereocenters. The topological polar surface area (TPSA) is 47.4 Å². The Morgan fingerprint density at radius 3 is 2.68 bits per heavy atom. The van der Waals surface area contributed by atoms with Gasteiger partial charge in [-0.15, -0.1) is 0 Å². The number of ether oxygens (including phenoxy) is 1. The first-order valence-corrected chi connectivity index (χ1v) is 8.01. The summed E-state index contributed by atoms with van der Waals surface area (Å²) in [5.74, 6) is -0.405. The Hall–Kier alpha value is -1.93. The molecule has 1 aliphatic heterocycles. The van der Waals surface area contributed by atoms with Gasteiger partial charge in [0.15, 0.2) is 6.04 Å². The average Bonchev–Trinajstić information content (AvgIpc) is 3.05. The van der Waals surface area contributed by atoms with E-state index in [4.69, 9.17) is 27.9 Å². The number of anilines is 1. The van der Waals surface area contributed by atoms with Gasteiger partial charge >= 0.3 is 6.18 Å². The van der Waals surface area contributed by atoms with Gasteiger partial charge in [-0.25, -0.2) is 0 Å². The van der Waals surface area contributed by atoms with Crippen LogP contribution in [0.4, 0.5) is 18.9 Å². The number of carbonyl (C=O) groups is 1. The minimum absolute atomic E-state index is 0.119. The van der Waals surface area contributed by atoms with E-state index in [-0.39, 0.29) is 23.2 Å². The van der Waals surface area contributed by atoms with E-state index < -0.39 is 24.5 Å². The zero-order valence-corrected chi connectivity index (χ0v) is 14.1. The molecule has 2 aromatic rings. The fourth-order valence-electron chi connectivity index (χ4n) is 2.57. The molecule has 25 heavy (non-hydrogen) atoms. The fraction of sp³-hybridized carbons (Fsp3) is 0.333. The van der Waals surface area contributed by atoms with Crippen molar-refractivity contribution in [2.45, 2.75) is 18.6 Å². The molecular formula is C15H12Cl2F3N3O2.